The Kier molecular flexibility index (Phi) is 5.19. The maximum atomic E-state index is 12.3. The molecule has 1 amide bonds. The number of nitrogens with one attached hydrogen (secondary N) is 1. The lowest BCUT2D eigenvalue weighted by Gasteiger charge is -2.06. The first-order valence-corrected chi connectivity index (χ1v) is 8.58. The van der Waals surface area contributed by atoms with Gasteiger partial charge in [0.15, 0.2) is 10.8 Å². The highest BCUT2D eigenvalue weighted by Crippen LogP contribution is 2.27. The minimum absolute atomic E-state index is 0.104. The minimum Gasteiger partial charge on any atom is -0.462 e. The Morgan fingerprint density at radius 1 is 1.36 bits per heavy atom. The zero-order valence-electron chi connectivity index (χ0n) is 12.5. The molecule has 0 aliphatic rings. The molecule has 3 rings (SSSR count). The average Bonchev–Trinajstić information content (AvgIpc) is 3.27. The number of hydrogen-bond donors (Lipinski definition) is 1. The monoisotopic (exact) mass is 389 g/mol. The number of thiazole rings is 1. The van der Waals surface area contributed by atoms with Gasteiger partial charge in [0.2, 0.25) is 0 Å². The van der Waals surface area contributed by atoms with Gasteiger partial charge in [-0.05, 0) is 36.4 Å². The zero-order chi connectivity index (χ0) is 17.8. The van der Waals surface area contributed by atoms with Crippen LogP contribution in [-0.2, 0) is 4.79 Å². The molecule has 0 aliphatic carbocycles. The summed E-state index contributed by atoms with van der Waals surface area (Å²) in [6, 6.07) is 10.1. The number of carbonyl (C=O) groups excluding carboxylic acids is 1. The molecule has 0 aliphatic heterocycles. The first-order valence-electron chi connectivity index (χ1n) is 6.94. The number of rotatable bonds is 4. The first kappa shape index (κ1) is 17.2. The van der Waals surface area contributed by atoms with E-state index >= 15 is 0 Å². The summed E-state index contributed by atoms with van der Waals surface area (Å²) in [5.74, 6) is 0.0255. The summed E-state index contributed by atoms with van der Waals surface area (Å²) < 4.78 is 5.27. The lowest BCUT2D eigenvalue weighted by atomic mass is 10.2. The number of furan rings is 1. The van der Waals surface area contributed by atoms with Crippen LogP contribution < -0.4 is 5.32 Å². The molecular weight excluding hydrogens is 381 g/mol. The van der Waals surface area contributed by atoms with E-state index in [1.54, 1.807) is 35.9 Å². The highest BCUT2D eigenvalue weighted by molar-refractivity contribution is 7.13. The Hall–Kier alpha value is -2.59. The maximum Gasteiger partial charge on any atom is 0.266 e. The summed E-state index contributed by atoms with van der Waals surface area (Å²) in [7, 11) is 0. The molecule has 0 radical (unpaired) electrons. The molecule has 0 spiro atoms. The molecule has 8 heteroatoms. The van der Waals surface area contributed by atoms with Gasteiger partial charge in [0.25, 0.3) is 5.91 Å². The SMILES string of the molecule is N#CC(=Cc1csc(-c2ccco2)n1)C(=O)Nc1cc(Cl)ccc1Cl. The van der Waals surface area contributed by atoms with Gasteiger partial charge in [0, 0.05) is 10.4 Å². The molecule has 1 N–H and O–H groups in total. The Morgan fingerprint density at radius 3 is 2.92 bits per heavy atom. The predicted molar refractivity (Wildman–Crippen MR) is 98.5 cm³/mol. The van der Waals surface area contributed by atoms with E-state index in [9.17, 15) is 10.1 Å². The molecule has 25 heavy (non-hydrogen) atoms. The van der Waals surface area contributed by atoms with Crippen molar-refractivity contribution < 1.29 is 9.21 Å². The van der Waals surface area contributed by atoms with Gasteiger partial charge in [-0.15, -0.1) is 11.3 Å². The van der Waals surface area contributed by atoms with Crippen LogP contribution in [-0.4, -0.2) is 10.9 Å². The third kappa shape index (κ3) is 4.09. The second kappa shape index (κ2) is 7.53. The lowest BCUT2D eigenvalue weighted by molar-refractivity contribution is -0.112. The highest BCUT2D eigenvalue weighted by atomic mass is 35.5. The number of hydrogen-bond acceptors (Lipinski definition) is 5. The van der Waals surface area contributed by atoms with Crippen LogP contribution in [0.2, 0.25) is 10.0 Å². The maximum absolute atomic E-state index is 12.3. The fraction of sp³-hybridized carbons (Fsp3) is 0. The number of nitriles is 1. The number of amides is 1. The summed E-state index contributed by atoms with van der Waals surface area (Å²) >= 11 is 13.3. The number of halogens is 2. The van der Waals surface area contributed by atoms with Gasteiger partial charge in [0.05, 0.1) is 22.7 Å². The van der Waals surface area contributed by atoms with Crippen LogP contribution in [0, 0.1) is 11.3 Å². The van der Waals surface area contributed by atoms with Gasteiger partial charge in [-0.3, -0.25) is 4.79 Å². The van der Waals surface area contributed by atoms with Crippen molar-refractivity contribution in [3.05, 3.63) is 63.3 Å². The Bertz CT molecular complexity index is 988. The van der Waals surface area contributed by atoms with Crippen LogP contribution in [0.5, 0.6) is 0 Å². The number of carbonyl (C=O) groups is 1. The fourth-order valence-electron chi connectivity index (χ4n) is 1.95. The van der Waals surface area contributed by atoms with Crippen LogP contribution in [0.15, 0.2) is 52.0 Å². The summed E-state index contributed by atoms with van der Waals surface area (Å²) in [5.41, 5.74) is 0.711. The molecule has 2 aromatic heterocycles. The third-order valence-corrected chi connectivity index (χ3v) is 4.53. The van der Waals surface area contributed by atoms with Gasteiger partial charge in [-0.1, -0.05) is 23.2 Å². The van der Waals surface area contributed by atoms with Crippen LogP contribution in [0.25, 0.3) is 16.8 Å². The van der Waals surface area contributed by atoms with E-state index in [1.165, 1.54) is 23.5 Å². The van der Waals surface area contributed by atoms with Crippen molar-refractivity contribution in [1.29, 1.82) is 5.26 Å². The van der Waals surface area contributed by atoms with Crippen LogP contribution in [0.4, 0.5) is 5.69 Å². The standard InChI is InChI=1S/C17H9Cl2N3O2S/c18-11-3-4-13(19)14(7-11)22-16(23)10(8-20)6-12-9-25-17(21-12)15-2-1-5-24-15/h1-7,9H,(H,22,23). The highest BCUT2D eigenvalue weighted by Gasteiger charge is 2.13. The van der Waals surface area contributed by atoms with Crippen LogP contribution in [0.1, 0.15) is 5.69 Å². The van der Waals surface area contributed by atoms with Crippen molar-refractivity contribution in [3.63, 3.8) is 0 Å². The molecule has 0 saturated carbocycles. The number of aromatic nitrogens is 1. The molecule has 0 fully saturated rings. The quantitative estimate of drug-likeness (QED) is 0.487. The van der Waals surface area contributed by atoms with Gasteiger partial charge in [-0.2, -0.15) is 5.26 Å². The summed E-state index contributed by atoms with van der Waals surface area (Å²) in [6.45, 7) is 0. The summed E-state index contributed by atoms with van der Waals surface area (Å²) in [6.07, 6.45) is 2.95. The van der Waals surface area contributed by atoms with E-state index in [1.807, 2.05) is 6.07 Å². The van der Waals surface area contributed by atoms with Crippen molar-refractivity contribution in [1.82, 2.24) is 4.98 Å². The number of benzene rings is 1. The third-order valence-electron chi connectivity index (χ3n) is 3.09. The van der Waals surface area contributed by atoms with Gasteiger partial charge in [0.1, 0.15) is 11.6 Å². The van der Waals surface area contributed by atoms with Crippen molar-refractivity contribution in [3.8, 4) is 16.8 Å². The van der Waals surface area contributed by atoms with E-state index < -0.39 is 5.91 Å². The zero-order valence-corrected chi connectivity index (χ0v) is 14.8. The second-order valence-corrected chi connectivity index (χ2v) is 6.50. The fourth-order valence-corrected chi connectivity index (χ4v) is 3.03. The molecule has 2 heterocycles. The lowest BCUT2D eigenvalue weighted by Crippen LogP contribution is -2.13. The first-order chi connectivity index (χ1) is 12.1. The van der Waals surface area contributed by atoms with Gasteiger partial charge >= 0.3 is 0 Å². The van der Waals surface area contributed by atoms with Crippen LogP contribution in [0.3, 0.4) is 0 Å². The molecular formula is C17H9Cl2N3O2S. The number of anilines is 1. The van der Waals surface area contributed by atoms with Gasteiger partial charge in [-0.25, -0.2) is 4.98 Å². The molecule has 5 nitrogen and oxygen atoms in total. The van der Waals surface area contributed by atoms with E-state index in [4.69, 9.17) is 27.6 Å². The molecule has 0 unspecified atom stereocenters. The molecule has 3 aromatic rings. The Balaban J connectivity index is 1.82. The summed E-state index contributed by atoms with van der Waals surface area (Å²) in [4.78, 5) is 16.6. The van der Waals surface area contributed by atoms with Crippen molar-refractivity contribution in [2.75, 3.05) is 5.32 Å². The largest absolute Gasteiger partial charge is 0.462 e. The van der Waals surface area contributed by atoms with E-state index in [-0.39, 0.29) is 5.57 Å². The summed E-state index contributed by atoms with van der Waals surface area (Å²) in [5, 5.41) is 15.0. The normalized spacial score (nSPS) is 11.2. The molecule has 124 valence electrons. The predicted octanol–water partition coefficient (Wildman–Crippen LogP) is 5.26. The molecule has 0 bridgehead atoms. The average molecular weight is 390 g/mol. The van der Waals surface area contributed by atoms with E-state index in [2.05, 4.69) is 10.3 Å². The van der Waals surface area contributed by atoms with Crippen molar-refractivity contribution in [2.45, 2.75) is 0 Å². The van der Waals surface area contributed by atoms with E-state index in [0.29, 0.717) is 32.2 Å². The van der Waals surface area contributed by atoms with E-state index in [0.717, 1.165) is 0 Å². The minimum atomic E-state index is -0.598. The molecule has 1 aromatic carbocycles. The van der Waals surface area contributed by atoms with Crippen molar-refractivity contribution >= 4 is 52.2 Å². The van der Waals surface area contributed by atoms with Crippen molar-refractivity contribution in [2.24, 2.45) is 0 Å². The molecule has 0 saturated heterocycles. The smallest absolute Gasteiger partial charge is 0.266 e. The topological polar surface area (TPSA) is 78.9 Å². The number of nitrogens with zero attached hydrogens (tertiary/aromatic N) is 2. The Labute approximate surface area is 157 Å². The molecule has 0 atom stereocenters. The van der Waals surface area contributed by atoms with Crippen LogP contribution >= 0.6 is 34.5 Å². The second-order valence-electron chi connectivity index (χ2n) is 4.80. The van der Waals surface area contributed by atoms with Gasteiger partial charge < -0.3 is 9.73 Å². The Morgan fingerprint density at radius 2 is 2.20 bits per heavy atom.